The zero-order valence-electron chi connectivity index (χ0n) is 15.7. The number of hydrogen-bond donors (Lipinski definition) is 1. The molecule has 0 saturated carbocycles. The Morgan fingerprint density at radius 2 is 1.69 bits per heavy atom. The molecule has 0 atom stereocenters. The Kier molecular flexibility index (Phi) is 6.78. The van der Waals surface area contributed by atoms with Gasteiger partial charge in [-0.2, -0.15) is 0 Å². The SMILES string of the molecule is Cc1ccc(NC(=O)COC(=O)COc2cc(C(C)C)ccc2C)cc1. The third-order valence-corrected chi connectivity index (χ3v) is 3.92. The molecule has 1 amide bonds. The van der Waals surface area contributed by atoms with Gasteiger partial charge in [0, 0.05) is 5.69 Å². The van der Waals surface area contributed by atoms with E-state index in [1.807, 2.05) is 44.2 Å². The van der Waals surface area contributed by atoms with E-state index in [0.29, 0.717) is 17.4 Å². The summed E-state index contributed by atoms with van der Waals surface area (Å²) in [5, 5.41) is 2.67. The monoisotopic (exact) mass is 355 g/mol. The number of anilines is 1. The minimum atomic E-state index is -0.585. The van der Waals surface area contributed by atoms with E-state index in [4.69, 9.17) is 9.47 Å². The zero-order valence-corrected chi connectivity index (χ0v) is 15.7. The number of nitrogens with one attached hydrogen (secondary N) is 1. The highest BCUT2D eigenvalue weighted by Crippen LogP contribution is 2.24. The van der Waals surface area contributed by atoms with Crippen LogP contribution in [0.25, 0.3) is 0 Å². The molecule has 5 nitrogen and oxygen atoms in total. The molecule has 0 heterocycles. The average molecular weight is 355 g/mol. The molecule has 2 aromatic rings. The third-order valence-electron chi connectivity index (χ3n) is 3.92. The van der Waals surface area contributed by atoms with Gasteiger partial charge in [0.2, 0.25) is 0 Å². The van der Waals surface area contributed by atoms with E-state index in [2.05, 4.69) is 19.2 Å². The fourth-order valence-electron chi connectivity index (χ4n) is 2.29. The van der Waals surface area contributed by atoms with E-state index >= 15 is 0 Å². The molecule has 0 fully saturated rings. The van der Waals surface area contributed by atoms with Crippen LogP contribution in [0, 0.1) is 13.8 Å². The molecule has 0 aliphatic rings. The van der Waals surface area contributed by atoms with Crippen LogP contribution >= 0.6 is 0 Å². The summed E-state index contributed by atoms with van der Waals surface area (Å²) in [6.45, 7) is 7.48. The van der Waals surface area contributed by atoms with Gasteiger partial charge >= 0.3 is 5.97 Å². The number of hydrogen-bond acceptors (Lipinski definition) is 4. The number of esters is 1. The molecule has 0 radical (unpaired) electrons. The molecule has 1 N–H and O–H groups in total. The number of rotatable bonds is 7. The van der Waals surface area contributed by atoms with Crippen LogP contribution in [0.5, 0.6) is 5.75 Å². The molecule has 138 valence electrons. The molecule has 5 heteroatoms. The van der Waals surface area contributed by atoms with Crippen molar-refractivity contribution in [2.75, 3.05) is 18.5 Å². The van der Waals surface area contributed by atoms with Crippen LogP contribution in [-0.2, 0) is 14.3 Å². The summed E-state index contributed by atoms with van der Waals surface area (Å²) in [4.78, 5) is 23.6. The normalized spacial score (nSPS) is 10.5. The molecule has 2 rings (SSSR count). The Labute approximate surface area is 154 Å². The largest absolute Gasteiger partial charge is 0.482 e. The van der Waals surface area contributed by atoms with E-state index in [9.17, 15) is 9.59 Å². The van der Waals surface area contributed by atoms with Crippen LogP contribution in [0.15, 0.2) is 42.5 Å². The predicted octanol–water partition coefficient (Wildman–Crippen LogP) is 3.99. The van der Waals surface area contributed by atoms with Crippen molar-refractivity contribution >= 4 is 17.6 Å². The molecule has 0 aliphatic carbocycles. The van der Waals surface area contributed by atoms with Gasteiger partial charge in [-0.1, -0.05) is 43.7 Å². The van der Waals surface area contributed by atoms with Gasteiger partial charge in [-0.05, 0) is 49.1 Å². The number of benzene rings is 2. The van der Waals surface area contributed by atoms with Crippen molar-refractivity contribution < 1.29 is 19.1 Å². The van der Waals surface area contributed by atoms with Crippen LogP contribution in [-0.4, -0.2) is 25.1 Å². The van der Waals surface area contributed by atoms with Crippen LogP contribution in [0.2, 0.25) is 0 Å². The summed E-state index contributed by atoms with van der Waals surface area (Å²) in [5.41, 5.74) is 3.84. The van der Waals surface area contributed by atoms with Gasteiger partial charge < -0.3 is 14.8 Å². The Morgan fingerprint density at radius 3 is 2.35 bits per heavy atom. The fourth-order valence-corrected chi connectivity index (χ4v) is 2.29. The first-order chi connectivity index (χ1) is 12.3. The lowest BCUT2D eigenvalue weighted by molar-refractivity contribution is -0.149. The van der Waals surface area contributed by atoms with Gasteiger partial charge in [0.1, 0.15) is 5.75 Å². The summed E-state index contributed by atoms with van der Waals surface area (Å²) in [5.74, 6) is 0.0474. The maximum absolute atomic E-state index is 11.8. The van der Waals surface area contributed by atoms with Gasteiger partial charge in [0.05, 0.1) is 0 Å². The maximum atomic E-state index is 11.8. The average Bonchev–Trinajstić information content (AvgIpc) is 2.61. The van der Waals surface area contributed by atoms with E-state index in [-0.39, 0.29) is 19.1 Å². The molecule has 0 aliphatic heterocycles. The van der Waals surface area contributed by atoms with Gasteiger partial charge in [0.15, 0.2) is 13.2 Å². The molecule has 0 spiro atoms. The van der Waals surface area contributed by atoms with Crippen molar-refractivity contribution in [2.45, 2.75) is 33.6 Å². The summed E-state index contributed by atoms with van der Waals surface area (Å²) >= 11 is 0. The lowest BCUT2D eigenvalue weighted by Gasteiger charge is -2.12. The Morgan fingerprint density at radius 1 is 1.00 bits per heavy atom. The first kappa shape index (κ1) is 19.5. The molecule has 2 aromatic carbocycles. The third kappa shape index (κ3) is 5.92. The maximum Gasteiger partial charge on any atom is 0.344 e. The highest BCUT2D eigenvalue weighted by molar-refractivity contribution is 5.92. The van der Waals surface area contributed by atoms with Crippen LogP contribution in [0.3, 0.4) is 0 Å². The lowest BCUT2D eigenvalue weighted by Crippen LogP contribution is -2.23. The summed E-state index contributed by atoms with van der Waals surface area (Å²) in [7, 11) is 0. The number of aryl methyl sites for hydroxylation is 2. The van der Waals surface area contributed by atoms with Crippen molar-refractivity contribution in [1.82, 2.24) is 0 Å². The number of amides is 1. The second-order valence-corrected chi connectivity index (χ2v) is 6.54. The predicted molar refractivity (Wildman–Crippen MR) is 102 cm³/mol. The van der Waals surface area contributed by atoms with Crippen LogP contribution in [0.4, 0.5) is 5.69 Å². The minimum absolute atomic E-state index is 0.236. The Bertz CT molecular complexity index is 766. The molecule has 0 bridgehead atoms. The molecule has 0 saturated heterocycles. The highest BCUT2D eigenvalue weighted by atomic mass is 16.6. The van der Waals surface area contributed by atoms with Crippen LogP contribution in [0.1, 0.15) is 36.5 Å². The van der Waals surface area contributed by atoms with Crippen LogP contribution < -0.4 is 10.1 Å². The van der Waals surface area contributed by atoms with E-state index in [1.54, 1.807) is 12.1 Å². The Hall–Kier alpha value is -2.82. The summed E-state index contributed by atoms with van der Waals surface area (Å²) in [6.07, 6.45) is 0. The van der Waals surface area contributed by atoms with Crippen molar-refractivity contribution in [3.8, 4) is 5.75 Å². The molecule has 0 aromatic heterocycles. The molecule has 0 unspecified atom stereocenters. The fraction of sp³-hybridized carbons (Fsp3) is 0.333. The second-order valence-electron chi connectivity index (χ2n) is 6.54. The first-order valence-electron chi connectivity index (χ1n) is 8.60. The number of carbonyl (C=O) groups excluding carboxylic acids is 2. The molecular weight excluding hydrogens is 330 g/mol. The van der Waals surface area contributed by atoms with Gasteiger partial charge in [-0.25, -0.2) is 4.79 Å². The number of carbonyl (C=O) groups is 2. The van der Waals surface area contributed by atoms with Crippen molar-refractivity contribution in [1.29, 1.82) is 0 Å². The van der Waals surface area contributed by atoms with Gasteiger partial charge in [-0.3, -0.25) is 4.79 Å². The highest BCUT2D eigenvalue weighted by Gasteiger charge is 2.11. The number of ether oxygens (including phenoxy) is 2. The van der Waals surface area contributed by atoms with Crippen molar-refractivity contribution in [3.05, 3.63) is 59.2 Å². The minimum Gasteiger partial charge on any atom is -0.482 e. The zero-order chi connectivity index (χ0) is 19.1. The standard InChI is InChI=1S/C21H25NO4/c1-14(2)17-8-7-16(4)19(11-17)25-13-21(24)26-12-20(23)22-18-9-5-15(3)6-10-18/h5-11,14H,12-13H2,1-4H3,(H,22,23). The van der Waals surface area contributed by atoms with E-state index in [0.717, 1.165) is 16.7 Å². The van der Waals surface area contributed by atoms with Gasteiger partial charge in [0.25, 0.3) is 5.91 Å². The molecule has 26 heavy (non-hydrogen) atoms. The lowest BCUT2D eigenvalue weighted by atomic mass is 10.0. The topological polar surface area (TPSA) is 64.6 Å². The van der Waals surface area contributed by atoms with Crippen molar-refractivity contribution in [2.24, 2.45) is 0 Å². The summed E-state index contributed by atoms with van der Waals surface area (Å²) in [6, 6.07) is 13.3. The van der Waals surface area contributed by atoms with Crippen molar-refractivity contribution in [3.63, 3.8) is 0 Å². The van der Waals surface area contributed by atoms with E-state index in [1.165, 1.54) is 0 Å². The summed E-state index contributed by atoms with van der Waals surface area (Å²) < 4.78 is 10.5. The Balaban J connectivity index is 1.79. The quantitative estimate of drug-likeness (QED) is 0.763. The first-order valence-corrected chi connectivity index (χ1v) is 8.60. The second kappa shape index (κ2) is 9.04. The molecular formula is C21H25NO4. The van der Waals surface area contributed by atoms with Gasteiger partial charge in [-0.15, -0.1) is 0 Å². The smallest absolute Gasteiger partial charge is 0.344 e. The van der Waals surface area contributed by atoms with E-state index < -0.39 is 5.97 Å².